The van der Waals surface area contributed by atoms with E-state index in [1.807, 2.05) is 18.2 Å². The fourth-order valence-electron chi connectivity index (χ4n) is 2.05. The third-order valence-corrected chi connectivity index (χ3v) is 3.81. The summed E-state index contributed by atoms with van der Waals surface area (Å²) in [5, 5.41) is 4.91. The molecular weight excluding hydrogens is 347 g/mol. The molecule has 0 fully saturated rings. The summed E-state index contributed by atoms with van der Waals surface area (Å²) >= 11 is 11.8. The summed E-state index contributed by atoms with van der Waals surface area (Å²) in [6, 6.07) is 17.6. The van der Waals surface area contributed by atoms with Gasteiger partial charge < -0.3 is 4.42 Å². The van der Waals surface area contributed by atoms with E-state index < -0.39 is 0 Å². The van der Waals surface area contributed by atoms with Crippen molar-refractivity contribution in [3.63, 3.8) is 0 Å². The van der Waals surface area contributed by atoms with Gasteiger partial charge in [-0.1, -0.05) is 35.3 Å². The number of hydrazone groups is 1. The van der Waals surface area contributed by atoms with E-state index in [0.717, 1.165) is 5.56 Å². The van der Waals surface area contributed by atoms with Crippen LogP contribution in [0.5, 0.6) is 0 Å². The molecule has 0 unspecified atom stereocenters. The molecule has 1 heterocycles. The Morgan fingerprint density at radius 3 is 2.50 bits per heavy atom. The number of carbonyl (C=O) groups is 1. The fraction of sp³-hybridized carbons (Fsp3) is 0. The second kappa shape index (κ2) is 7.34. The van der Waals surface area contributed by atoms with E-state index in [-0.39, 0.29) is 5.91 Å². The number of halogens is 2. The van der Waals surface area contributed by atoms with Gasteiger partial charge in [-0.15, -0.1) is 0 Å². The lowest BCUT2D eigenvalue weighted by Gasteiger charge is -2.01. The van der Waals surface area contributed by atoms with Crippen molar-refractivity contribution in [2.24, 2.45) is 5.10 Å². The van der Waals surface area contributed by atoms with Gasteiger partial charge in [0.2, 0.25) is 0 Å². The Labute approximate surface area is 148 Å². The van der Waals surface area contributed by atoms with Gasteiger partial charge in [0, 0.05) is 10.6 Å². The number of nitrogens with zero attached hydrogens (tertiary/aromatic N) is 1. The topological polar surface area (TPSA) is 54.6 Å². The average Bonchev–Trinajstić information content (AvgIpc) is 3.04. The van der Waals surface area contributed by atoms with Gasteiger partial charge in [0.1, 0.15) is 11.5 Å². The first-order valence-corrected chi connectivity index (χ1v) is 7.83. The highest BCUT2D eigenvalue weighted by molar-refractivity contribution is 6.33. The summed E-state index contributed by atoms with van der Waals surface area (Å²) in [7, 11) is 0. The normalized spacial score (nSPS) is 10.9. The van der Waals surface area contributed by atoms with E-state index in [2.05, 4.69) is 10.5 Å². The molecule has 1 aromatic heterocycles. The number of benzene rings is 2. The zero-order chi connectivity index (χ0) is 16.9. The van der Waals surface area contributed by atoms with E-state index in [9.17, 15) is 4.79 Å². The number of amides is 1. The van der Waals surface area contributed by atoms with Gasteiger partial charge in [0.15, 0.2) is 0 Å². The number of hydrogen-bond donors (Lipinski definition) is 1. The molecule has 120 valence electrons. The first kappa shape index (κ1) is 16.3. The SMILES string of the molecule is O=C(N/N=C/c1ccc(-c2ccc(Cl)cc2)o1)c1ccccc1Cl. The maximum absolute atomic E-state index is 12.0. The van der Waals surface area contributed by atoms with E-state index in [1.54, 1.807) is 42.5 Å². The maximum Gasteiger partial charge on any atom is 0.272 e. The first-order valence-electron chi connectivity index (χ1n) is 7.07. The zero-order valence-corrected chi connectivity index (χ0v) is 13.9. The number of hydrogen-bond acceptors (Lipinski definition) is 3. The lowest BCUT2D eigenvalue weighted by molar-refractivity contribution is 0.0955. The molecule has 0 saturated heterocycles. The number of nitrogens with one attached hydrogen (secondary N) is 1. The summed E-state index contributed by atoms with van der Waals surface area (Å²) in [5.41, 5.74) is 3.67. The molecule has 0 aliphatic rings. The lowest BCUT2D eigenvalue weighted by atomic mass is 10.2. The molecule has 6 heteroatoms. The van der Waals surface area contributed by atoms with Crippen molar-refractivity contribution in [1.82, 2.24) is 5.43 Å². The van der Waals surface area contributed by atoms with Gasteiger partial charge in [-0.05, 0) is 48.5 Å². The highest BCUT2D eigenvalue weighted by Crippen LogP contribution is 2.23. The molecule has 0 saturated carbocycles. The molecule has 0 aliphatic carbocycles. The Balaban J connectivity index is 1.66. The molecule has 1 amide bonds. The summed E-state index contributed by atoms with van der Waals surface area (Å²) in [5.74, 6) is 0.811. The standard InChI is InChI=1S/C18H12Cl2N2O2/c19-13-7-5-12(6-8-13)17-10-9-14(24-17)11-21-22-18(23)15-3-1-2-4-16(15)20/h1-11H,(H,22,23)/b21-11+. The minimum atomic E-state index is -0.388. The molecule has 24 heavy (non-hydrogen) atoms. The van der Waals surface area contributed by atoms with Crippen LogP contribution in [0, 0.1) is 0 Å². The summed E-state index contributed by atoms with van der Waals surface area (Å²) in [6.07, 6.45) is 1.42. The van der Waals surface area contributed by atoms with Crippen LogP contribution in [0.2, 0.25) is 10.0 Å². The van der Waals surface area contributed by atoms with Crippen molar-refractivity contribution in [3.8, 4) is 11.3 Å². The molecule has 3 aromatic rings. The minimum absolute atomic E-state index is 0.359. The Hall–Kier alpha value is -2.56. The van der Waals surface area contributed by atoms with Crippen LogP contribution in [-0.4, -0.2) is 12.1 Å². The van der Waals surface area contributed by atoms with Gasteiger partial charge in [-0.2, -0.15) is 5.10 Å². The van der Waals surface area contributed by atoms with Crippen molar-refractivity contribution in [3.05, 3.63) is 82.0 Å². The number of furan rings is 1. The van der Waals surface area contributed by atoms with Gasteiger partial charge in [-0.25, -0.2) is 5.43 Å². The zero-order valence-electron chi connectivity index (χ0n) is 12.4. The van der Waals surface area contributed by atoms with Crippen molar-refractivity contribution in [2.45, 2.75) is 0 Å². The van der Waals surface area contributed by atoms with Crippen LogP contribution in [0.1, 0.15) is 16.1 Å². The van der Waals surface area contributed by atoms with Crippen LogP contribution >= 0.6 is 23.2 Å². The van der Waals surface area contributed by atoms with Crippen molar-refractivity contribution in [2.75, 3.05) is 0 Å². The van der Waals surface area contributed by atoms with E-state index in [0.29, 0.717) is 27.1 Å². The number of rotatable bonds is 4. The van der Waals surface area contributed by atoms with E-state index in [4.69, 9.17) is 27.6 Å². The van der Waals surface area contributed by atoms with Gasteiger partial charge in [-0.3, -0.25) is 4.79 Å². The third kappa shape index (κ3) is 3.85. The summed E-state index contributed by atoms with van der Waals surface area (Å²) in [4.78, 5) is 12.0. The van der Waals surface area contributed by atoms with Gasteiger partial charge >= 0.3 is 0 Å². The van der Waals surface area contributed by atoms with Crippen molar-refractivity contribution in [1.29, 1.82) is 0 Å². The molecule has 0 aliphatic heterocycles. The van der Waals surface area contributed by atoms with E-state index in [1.165, 1.54) is 6.21 Å². The second-order valence-corrected chi connectivity index (χ2v) is 5.73. The summed E-state index contributed by atoms with van der Waals surface area (Å²) < 4.78 is 5.65. The lowest BCUT2D eigenvalue weighted by Crippen LogP contribution is -2.17. The monoisotopic (exact) mass is 358 g/mol. The van der Waals surface area contributed by atoms with Crippen molar-refractivity contribution >= 4 is 35.3 Å². The molecule has 2 aromatic carbocycles. The molecule has 0 atom stereocenters. The Morgan fingerprint density at radius 2 is 1.75 bits per heavy atom. The number of carbonyl (C=O) groups excluding carboxylic acids is 1. The smallest absolute Gasteiger partial charge is 0.272 e. The van der Waals surface area contributed by atoms with Crippen molar-refractivity contribution < 1.29 is 9.21 Å². The molecule has 1 N–H and O–H groups in total. The second-order valence-electron chi connectivity index (χ2n) is 4.89. The Bertz CT molecular complexity index is 886. The molecule has 0 radical (unpaired) electrons. The highest BCUT2D eigenvalue weighted by atomic mass is 35.5. The maximum atomic E-state index is 12.0. The average molecular weight is 359 g/mol. The molecule has 3 rings (SSSR count). The molecule has 4 nitrogen and oxygen atoms in total. The predicted molar refractivity (Wildman–Crippen MR) is 95.7 cm³/mol. The summed E-state index contributed by atoms with van der Waals surface area (Å²) in [6.45, 7) is 0. The van der Waals surface area contributed by atoms with Crippen LogP contribution in [0.25, 0.3) is 11.3 Å². The van der Waals surface area contributed by atoms with Crippen LogP contribution in [0.4, 0.5) is 0 Å². The van der Waals surface area contributed by atoms with Crippen LogP contribution in [-0.2, 0) is 0 Å². The van der Waals surface area contributed by atoms with Crippen LogP contribution < -0.4 is 5.43 Å². The molecule has 0 spiro atoms. The highest BCUT2D eigenvalue weighted by Gasteiger charge is 2.08. The minimum Gasteiger partial charge on any atom is -0.455 e. The van der Waals surface area contributed by atoms with Gasteiger partial charge in [0.25, 0.3) is 5.91 Å². The predicted octanol–water partition coefficient (Wildman–Crippen LogP) is 5.02. The Morgan fingerprint density at radius 1 is 1.00 bits per heavy atom. The third-order valence-electron chi connectivity index (χ3n) is 3.23. The van der Waals surface area contributed by atoms with E-state index >= 15 is 0 Å². The Kier molecular flexibility index (Phi) is 4.99. The van der Waals surface area contributed by atoms with Crippen LogP contribution in [0.3, 0.4) is 0 Å². The molecule has 0 bridgehead atoms. The van der Waals surface area contributed by atoms with Gasteiger partial charge in [0.05, 0.1) is 16.8 Å². The van der Waals surface area contributed by atoms with Crippen LogP contribution in [0.15, 0.2) is 70.2 Å². The molecular formula is C18H12Cl2N2O2. The quantitative estimate of drug-likeness (QED) is 0.525. The first-order chi connectivity index (χ1) is 11.6. The largest absolute Gasteiger partial charge is 0.455 e. The fourth-order valence-corrected chi connectivity index (χ4v) is 2.40.